The maximum Gasteiger partial charge on any atom is 0.254 e. The zero-order valence-corrected chi connectivity index (χ0v) is 21.5. The predicted molar refractivity (Wildman–Crippen MR) is 148 cm³/mol. The fourth-order valence-electron chi connectivity index (χ4n) is 5.71. The number of anilines is 1. The van der Waals surface area contributed by atoms with Crippen molar-refractivity contribution in [3.63, 3.8) is 0 Å². The minimum Gasteiger partial charge on any atom is -0.382 e. The van der Waals surface area contributed by atoms with Gasteiger partial charge in [0.2, 0.25) is 0 Å². The summed E-state index contributed by atoms with van der Waals surface area (Å²) in [5.41, 5.74) is 5.38. The third-order valence-corrected chi connectivity index (χ3v) is 7.39. The topological polar surface area (TPSA) is 47.6 Å². The van der Waals surface area contributed by atoms with Gasteiger partial charge in [0, 0.05) is 62.1 Å². The zero-order valence-electron chi connectivity index (χ0n) is 21.5. The van der Waals surface area contributed by atoms with E-state index >= 15 is 0 Å². The molecule has 2 atom stereocenters. The Morgan fingerprint density at radius 1 is 0.861 bits per heavy atom. The number of piperidine rings is 1. The quantitative estimate of drug-likeness (QED) is 0.504. The molecule has 2 saturated heterocycles. The van der Waals surface area contributed by atoms with Crippen LogP contribution < -0.4 is 10.6 Å². The molecule has 3 aromatic rings. The van der Waals surface area contributed by atoms with E-state index in [-0.39, 0.29) is 5.91 Å². The van der Waals surface area contributed by atoms with Gasteiger partial charge in [0.1, 0.15) is 0 Å². The third-order valence-electron chi connectivity index (χ3n) is 7.39. The molecule has 5 nitrogen and oxygen atoms in total. The normalized spacial score (nSPS) is 21.3. The maximum absolute atomic E-state index is 13.5. The van der Waals surface area contributed by atoms with Crippen molar-refractivity contribution in [1.82, 2.24) is 15.1 Å². The highest BCUT2D eigenvalue weighted by molar-refractivity contribution is 6.01. The van der Waals surface area contributed by atoms with Crippen LogP contribution in [0.2, 0.25) is 0 Å². The van der Waals surface area contributed by atoms with Crippen molar-refractivity contribution >= 4 is 11.6 Å². The number of likely N-dealkylation sites (tertiary alicyclic amines) is 1. The highest BCUT2D eigenvalue weighted by Gasteiger charge is 2.25. The summed E-state index contributed by atoms with van der Waals surface area (Å²) < 4.78 is 0. The zero-order chi connectivity index (χ0) is 24.9. The van der Waals surface area contributed by atoms with Crippen LogP contribution in [0.5, 0.6) is 0 Å². The molecule has 0 aliphatic carbocycles. The summed E-state index contributed by atoms with van der Waals surface area (Å²) in [6.45, 7) is 9.16. The molecular weight excluding hydrogens is 444 g/mol. The average molecular weight is 483 g/mol. The molecule has 0 bridgehead atoms. The van der Waals surface area contributed by atoms with Crippen molar-refractivity contribution in [3.8, 4) is 11.1 Å². The van der Waals surface area contributed by atoms with E-state index in [1.807, 2.05) is 29.2 Å². The van der Waals surface area contributed by atoms with Crippen LogP contribution in [-0.4, -0.2) is 60.0 Å². The monoisotopic (exact) mass is 482 g/mol. The lowest BCUT2D eigenvalue weighted by Gasteiger charge is -2.36. The van der Waals surface area contributed by atoms with Crippen molar-refractivity contribution in [1.29, 1.82) is 0 Å². The number of rotatable bonds is 6. The summed E-state index contributed by atoms with van der Waals surface area (Å²) in [4.78, 5) is 18.1. The first-order valence-electron chi connectivity index (χ1n) is 13.3. The second-order valence-corrected chi connectivity index (χ2v) is 10.5. The largest absolute Gasteiger partial charge is 0.382 e. The van der Waals surface area contributed by atoms with Crippen molar-refractivity contribution in [3.05, 3.63) is 90.0 Å². The van der Waals surface area contributed by atoms with Gasteiger partial charge < -0.3 is 15.5 Å². The number of carbonyl (C=O) groups excluding carboxylic acids is 1. The maximum atomic E-state index is 13.5. The standard InChI is InChI=1S/C31H38N4O/c1-23-20-34(21-24(2)32-23)22-25-12-14-26(15-13-25)29-10-6-7-11-30(29)31(36)35-18-16-28(17-19-35)33-27-8-4-3-5-9-27/h3-15,23-24,28,32-33H,16-22H2,1-2H3/t23-,24+. The van der Waals surface area contributed by atoms with E-state index in [4.69, 9.17) is 0 Å². The number of hydrogen-bond acceptors (Lipinski definition) is 4. The molecule has 5 heteroatoms. The molecule has 2 N–H and O–H groups in total. The van der Waals surface area contributed by atoms with E-state index in [9.17, 15) is 4.79 Å². The first-order chi connectivity index (χ1) is 17.5. The molecule has 0 saturated carbocycles. The highest BCUT2D eigenvalue weighted by atomic mass is 16.2. The fourth-order valence-corrected chi connectivity index (χ4v) is 5.71. The molecule has 5 rings (SSSR count). The second kappa shape index (κ2) is 11.3. The van der Waals surface area contributed by atoms with E-state index in [1.165, 1.54) is 5.56 Å². The number of benzene rings is 3. The van der Waals surface area contributed by atoms with Gasteiger partial charge in [0.05, 0.1) is 0 Å². The number of amides is 1. The van der Waals surface area contributed by atoms with Crippen LogP contribution in [0.25, 0.3) is 11.1 Å². The summed E-state index contributed by atoms with van der Waals surface area (Å²) in [5, 5.41) is 7.21. The van der Waals surface area contributed by atoms with Crippen molar-refractivity contribution in [2.45, 2.75) is 51.4 Å². The molecule has 2 aliphatic heterocycles. The van der Waals surface area contributed by atoms with Crippen molar-refractivity contribution in [2.75, 3.05) is 31.5 Å². The third kappa shape index (κ3) is 5.97. The molecule has 2 aliphatic rings. The smallest absolute Gasteiger partial charge is 0.254 e. The Labute approximate surface area is 215 Å². The van der Waals surface area contributed by atoms with Gasteiger partial charge in [0.15, 0.2) is 0 Å². The first-order valence-corrected chi connectivity index (χ1v) is 13.3. The second-order valence-electron chi connectivity index (χ2n) is 10.5. The summed E-state index contributed by atoms with van der Waals surface area (Å²) in [6.07, 6.45) is 1.92. The van der Waals surface area contributed by atoms with Gasteiger partial charge in [-0.15, -0.1) is 0 Å². The number of nitrogens with zero attached hydrogens (tertiary/aromatic N) is 2. The fraction of sp³-hybridized carbons (Fsp3) is 0.387. The molecule has 0 unspecified atom stereocenters. The Bertz CT molecular complexity index is 1130. The van der Waals surface area contributed by atoms with Gasteiger partial charge >= 0.3 is 0 Å². The number of hydrogen-bond donors (Lipinski definition) is 2. The number of carbonyl (C=O) groups is 1. The van der Waals surface area contributed by atoms with Crippen LogP contribution in [0.4, 0.5) is 5.69 Å². The minimum atomic E-state index is 0.136. The van der Waals surface area contributed by atoms with Crippen LogP contribution in [0, 0.1) is 0 Å². The lowest BCUT2D eigenvalue weighted by Crippen LogP contribution is -2.53. The van der Waals surface area contributed by atoms with Crippen LogP contribution in [0.3, 0.4) is 0 Å². The van der Waals surface area contributed by atoms with E-state index < -0.39 is 0 Å². The Morgan fingerprint density at radius 2 is 1.50 bits per heavy atom. The van der Waals surface area contributed by atoms with Crippen LogP contribution in [0.15, 0.2) is 78.9 Å². The van der Waals surface area contributed by atoms with Gasteiger partial charge in [-0.05, 0) is 61.6 Å². The Hall–Kier alpha value is -3.15. The number of piperazine rings is 1. The molecule has 2 heterocycles. The van der Waals surface area contributed by atoms with Gasteiger partial charge in [-0.2, -0.15) is 0 Å². The summed E-state index contributed by atoms with van der Waals surface area (Å²) in [5.74, 6) is 0.136. The molecule has 0 spiro atoms. The molecule has 0 aromatic heterocycles. The Kier molecular flexibility index (Phi) is 7.69. The summed E-state index contributed by atoms with van der Waals surface area (Å²) in [7, 11) is 0. The highest BCUT2D eigenvalue weighted by Crippen LogP contribution is 2.27. The van der Waals surface area contributed by atoms with Crippen LogP contribution in [-0.2, 0) is 6.54 Å². The van der Waals surface area contributed by atoms with Crippen molar-refractivity contribution in [2.24, 2.45) is 0 Å². The molecule has 188 valence electrons. The SMILES string of the molecule is C[C@@H]1CN(Cc2ccc(-c3ccccc3C(=O)N3CCC(Nc4ccccc4)CC3)cc2)C[C@H](C)N1. The van der Waals surface area contributed by atoms with Crippen LogP contribution >= 0.6 is 0 Å². The molecule has 1 amide bonds. The minimum absolute atomic E-state index is 0.136. The summed E-state index contributed by atoms with van der Waals surface area (Å²) in [6, 6.07) is 28.6. The predicted octanol–water partition coefficient (Wildman–Crippen LogP) is 5.25. The molecule has 0 radical (unpaired) electrons. The van der Waals surface area contributed by atoms with E-state index in [0.717, 1.165) is 67.9 Å². The lowest BCUT2D eigenvalue weighted by atomic mass is 9.96. The van der Waals surface area contributed by atoms with Crippen LogP contribution in [0.1, 0.15) is 42.6 Å². The molecule has 3 aromatic carbocycles. The Balaban J connectivity index is 1.23. The van der Waals surface area contributed by atoms with Gasteiger partial charge in [-0.1, -0.05) is 60.7 Å². The van der Waals surface area contributed by atoms with Gasteiger partial charge in [-0.25, -0.2) is 0 Å². The first kappa shape index (κ1) is 24.5. The number of para-hydroxylation sites is 1. The summed E-state index contributed by atoms with van der Waals surface area (Å²) >= 11 is 0. The molecular formula is C31H38N4O. The van der Waals surface area contributed by atoms with E-state index in [0.29, 0.717) is 18.1 Å². The van der Waals surface area contributed by atoms with E-state index in [2.05, 4.69) is 84.0 Å². The van der Waals surface area contributed by atoms with Gasteiger partial charge in [0.25, 0.3) is 5.91 Å². The number of nitrogens with one attached hydrogen (secondary N) is 2. The lowest BCUT2D eigenvalue weighted by molar-refractivity contribution is 0.0719. The molecule has 2 fully saturated rings. The van der Waals surface area contributed by atoms with Gasteiger partial charge in [-0.3, -0.25) is 9.69 Å². The van der Waals surface area contributed by atoms with E-state index in [1.54, 1.807) is 0 Å². The average Bonchev–Trinajstić information content (AvgIpc) is 2.89. The Morgan fingerprint density at radius 3 is 2.19 bits per heavy atom. The van der Waals surface area contributed by atoms with Crippen molar-refractivity contribution < 1.29 is 4.79 Å². The molecule has 36 heavy (non-hydrogen) atoms.